The van der Waals surface area contributed by atoms with Gasteiger partial charge in [-0.2, -0.15) is 5.10 Å². The second-order valence-electron chi connectivity index (χ2n) is 2.41. The van der Waals surface area contributed by atoms with Gasteiger partial charge < -0.3 is 5.73 Å². The molecule has 0 radical (unpaired) electrons. The van der Waals surface area contributed by atoms with Crippen molar-refractivity contribution in [3.05, 3.63) is 17.8 Å². The topological polar surface area (TPSA) is 56.7 Å². The third-order valence-corrected chi connectivity index (χ3v) is 2.54. The molecular formula is C7H8N4S. The van der Waals surface area contributed by atoms with E-state index in [0.717, 1.165) is 16.4 Å². The Morgan fingerprint density at radius 3 is 2.92 bits per heavy atom. The van der Waals surface area contributed by atoms with Crippen LogP contribution in [0.3, 0.4) is 0 Å². The zero-order valence-electron chi connectivity index (χ0n) is 6.56. The van der Waals surface area contributed by atoms with E-state index in [2.05, 4.69) is 10.1 Å². The lowest BCUT2D eigenvalue weighted by molar-refractivity contribution is 0.776. The van der Waals surface area contributed by atoms with Crippen molar-refractivity contribution >= 4 is 17.0 Å². The van der Waals surface area contributed by atoms with Crippen molar-refractivity contribution < 1.29 is 0 Å². The van der Waals surface area contributed by atoms with Gasteiger partial charge in [-0.3, -0.25) is 0 Å². The van der Waals surface area contributed by atoms with Gasteiger partial charge >= 0.3 is 0 Å². The summed E-state index contributed by atoms with van der Waals surface area (Å²) in [6.07, 6.45) is 1.52. The predicted molar refractivity (Wildman–Crippen MR) is 48.7 cm³/mol. The molecule has 0 bridgehead atoms. The van der Waals surface area contributed by atoms with Gasteiger partial charge in [0.1, 0.15) is 6.33 Å². The summed E-state index contributed by atoms with van der Waals surface area (Å²) in [4.78, 5) is 5.08. The Hall–Kier alpha value is -1.36. The minimum Gasteiger partial charge on any atom is -0.397 e. The molecule has 0 saturated heterocycles. The van der Waals surface area contributed by atoms with E-state index in [1.807, 2.05) is 18.5 Å². The first-order valence-corrected chi connectivity index (χ1v) is 4.34. The van der Waals surface area contributed by atoms with E-state index in [-0.39, 0.29) is 0 Å². The summed E-state index contributed by atoms with van der Waals surface area (Å²) < 4.78 is 1.71. The van der Waals surface area contributed by atoms with Crippen molar-refractivity contribution in [2.45, 2.75) is 0 Å². The van der Waals surface area contributed by atoms with Gasteiger partial charge in [0, 0.05) is 7.05 Å². The molecule has 4 nitrogen and oxygen atoms in total. The summed E-state index contributed by atoms with van der Waals surface area (Å²) >= 11 is 1.57. The molecule has 0 fully saturated rings. The van der Waals surface area contributed by atoms with E-state index >= 15 is 0 Å². The van der Waals surface area contributed by atoms with Gasteiger partial charge in [0.15, 0.2) is 5.82 Å². The molecule has 0 atom stereocenters. The average molecular weight is 180 g/mol. The smallest absolute Gasteiger partial charge is 0.169 e. The summed E-state index contributed by atoms with van der Waals surface area (Å²) in [5.74, 6) is 0.822. The van der Waals surface area contributed by atoms with Crippen LogP contribution in [-0.2, 0) is 7.05 Å². The van der Waals surface area contributed by atoms with Crippen LogP contribution in [0.2, 0.25) is 0 Å². The number of nitrogens with two attached hydrogens (primary N) is 1. The Balaban J connectivity index is 2.57. The minimum absolute atomic E-state index is 0.760. The molecule has 2 aromatic rings. The van der Waals surface area contributed by atoms with Crippen molar-refractivity contribution in [2.24, 2.45) is 7.05 Å². The molecule has 62 valence electrons. The van der Waals surface area contributed by atoms with Crippen LogP contribution in [0, 0.1) is 0 Å². The molecule has 5 heteroatoms. The van der Waals surface area contributed by atoms with Crippen LogP contribution < -0.4 is 5.73 Å². The van der Waals surface area contributed by atoms with Crippen molar-refractivity contribution in [2.75, 3.05) is 5.73 Å². The van der Waals surface area contributed by atoms with Gasteiger partial charge in [-0.15, -0.1) is 11.3 Å². The summed E-state index contributed by atoms with van der Waals surface area (Å²) in [6.45, 7) is 0. The zero-order chi connectivity index (χ0) is 8.55. The Morgan fingerprint density at radius 2 is 2.42 bits per heavy atom. The average Bonchev–Trinajstić information content (AvgIpc) is 2.59. The summed E-state index contributed by atoms with van der Waals surface area (Å²) in [5.41, 5.74) is 6.49. The van der Waals surface area contributed by atoms with Gasteiger partial charge in [-0.25, -0.2) is 9.67 Å². The largest absolute Gasteiger partial charge is 0.397 e. The second-order valence-corrected chi connectivity index (χ2v) is 3.33. The maximum atomic E-state index is 5.73. The summed E-state index contributed by atoms with van der Waals surface area (Å²) in [5, 5.41) is 5.91. The van der Waals surface area contributed by atoms with Crippen LogP contribution in [0.4, 0.5) is 5.69 Å². The number of thiophene rings is 1. The van der Waals surface area contributed by atoms with Crippen LogP contribution in [0.25, 0.3) is 10.7 Å². The molecule has 0 aliphatic heterocycles. The number of hydrogen-bond acceptors (Lipinski definition) is 4. The lowest BCUT2D eigenvalue weighted by atomic mass is 10.4. The van der Waals surface area contributed by atoms with E-state index in [1.54, 1.807) is 16.0 Å². The van der Waals surface area contributed by atoms with E-state index in [4.69, 9.17) is 5.73 Å². The van der Waals surface area contributed by atoms with E-state index in [0.29, 0.717) is 0 Å². The standard InChI is InChI=1S/C7H8N4S/c1-11-7(9-4-10-11)6-5(8)2-3-12-6/h2-4H,8H2,1H3. The normalized spacial score (nSPS) is 10.4. The lowest BCUT2D eigenvalue weighted by Crippen LogP contribution is -1.94. The molecule has 0 aliphatic carbocycles. The van der Waals surface area contributed by atoms with E-state index < -0.39 is 0 Å². The number of hydrogen-bond donors (Lipinski definition) is 1. The van der Waals surface area contributed by atoms with E-state index in [9.17, 15) is 0 Å². The molecule has 0 aliphatic rings. The molecule has 2 heterocycles. The highest BCUT2D eigenvalue weighted by atomic mass is 32.1. The fourth-order valence-corrected chi connectivity index (χ4v) is 1.85. The van der Waals surface area contributed by atoms with Gasteiger partial charge in [0.25, 0.3) is 0 Å². The molecule has 2 aromatic heterocycles. The highest BCUT2D eigenvalue weighted by Crippen LogP contribution is 2.28. The number of rotatable bonds is 1. The first-order valence-electron chi connectivity index (χ1n) is 3.46. The molecule has 0 saturated carbocycles. The highest BCUT2D eigenvalue weighted by Gasteiger charge is 2.08. The third kappa shape index (κ3) is 0.984. The molecule has 2 N–H and O–H groups in total. The first kappa shape index (κ1) is 7.30. The number of nitrogen functional groups attached to an aromatic ring is 1. The Morgan fingerprint density at radius 1 is 1.58 bits per heavy atom. The second kappa shape index (κ2) is 2.60. The minimum atomic E-state index is 0.760. The molecule has 2 rings (SSSR count). The number of aromatic nitrogens is 3. The summed E-state index contributed by atoms with van der Waals surface area (Å²) in [7, 11) is 1.85. The van der Waals surface area contributed by atoms with Crippen molar-refractivity contribution in [1.82, 2.24) is 14.8 Å². The van der Waals surface area contributed by atoms with E-state index in [1.165, 1.54) is 6.33 Å². The van der Waals surface area contributed by atoms with Gasteiger partial charge in [0.05, 0.1) is 10.6 Å². The molecular weight excluding hydrogens is 172 g/mol. The fourth-order valence-electron chi connectivity index (χ4n) is 1.00. The zero-order valence-corrected chi connectivity index (χ0v) is 7.38. The Labute approximate surface area is 73.7 Å². The Bertz CT molecular complexity index is 351. The van der Waals surface area contributed by atoms with Crippen LogP contribution in [0.1, 0.15) is 0 Å². The fraction of sp³-hybridized carbons (Fsp3) is 0.143. The SMILES string of the molecule is Cn1ncnc1-c1sccc1N. The van der Waals surface area contributed by atoms with Gasteiger partial charge in [-0.1, -0.05) is 0 Å². The molecule has 0 aromatic carbocycles. The van der Waals surface area contributed by atoms with Crippen molar-refractivity contribution in [1.29, 1.82) is 0 Å². The maximum Gasteiger partial charge on any atom is 0.169 e. The predicted octanol–water partition coefficient (Wildman–Crippen LogP) is 1.13. The van der Waals surface area contributed by atoms with Crippen LogP contribution in [-0.4, -0.2) is 14.8 Å². The number of nitrogens with zero attached hydrogens (tertiary/aromatic N) is 3. The monoisotopic (exact) mass is 180 g/mol. The van der Waals surface area contributed by atoms with Crippen molar-refractivity contribution in [3.63, 3.8) is 0 Å². The number of anilines is 1. The third-order valence-electron chi connectivity index (χ3n) is 1.61. The van der Waals surface area contributed by atoms with Gasteiger partial charge in [0.2, 0.25) is 0 Å². The molecule has 0 unspecified atom stereocenters. The van der Waals surface area contributed by atoms with Crippen LogP contribution in [0.15, 0.2) is 17.8 Å². The van der Waals surface area contributed by atoms with Crippen LogP contribution >= 0.6 is 11.3 Å². The van der Waals surface area contributed by atoms with Crippen molar-refractivity contribution in [3.8, 4) is 10.7 Å². The number of aryl methyl sites for hydroxylation is 1. The molecule has 0 spiro atoms. The Kier molecular flexibility index (Phi) is 1.58. The summed E-state index contributed by atoms with van der Waals surface area (Å²) in [6, 6.07) is 1.87. The lowest BCUT2D eigenvalue weighted by Gasteiger charge is -1.96. The molecule has 12 heavy (non-hydrogen) atoms. The maximum absolute atomic E-state index is 5.73. The first-order chi connectivity index (χ1) is 5.79. The highest BCUT2D eigenvalue weighted by molar-refractivity contribution is 7.14. The molecule has 0 amide bonds. The quantitative estimate of drug-likeness (QED) is 0.715. The van der Waals surface area contributed by atoms with Crippen LogP contribution in [0.5, 0.6) is 0 Å². The van der Waals surface area contributed by atoms with Gasteiger partial charge in [-0.05, 0) is 11.4 Å².